The van der Waals surface area contributed by atoms with Gasteiger partial charge in [0.1, 0.15) is 0 Å². The molecule has 0 saturated heterocycles. The van der Waals surface area contributed by atoms with Gasteiger partial charge in [0.2, 0.25) is 0 Å². The third-order valence-corrected chi connectivity index (χ3v) is 6.87. The summed E-state index contributed by atoms with van der Waals surface area (Å²) in [5.74, 6) is -0.0408. The van der Waals surface area contributed by atoms with Crippen molar-refractivity contribution in [1.82, 2.24) is 0 Å². The summed E-state index contributed by atoms with van der Waals surface area (Å²) in [7, 11) is 1.54. The summed E-state index contributed by atoms with van der Waals surface area (Å²) in [5, 5.41) is 0. The van der Waals surface area contributed by atoms with E-state index in [4.69, 9.17) is 4.74 Å². The van der Waals surface area contributed by atoms with Crippen molar-refractivity contribution in [2.45, 2.75) is 57.8 Å². The highest BCUT2D eigenvalue weighted by molar-refractivity contribution is 5.80. The van der Waals surface area contributed by atoms with Gasteiger partial charge < -0.3 is 4.74 Å². The van der Waals surface area contributed by atoms with Crippen LogP contribution in [0.2, 0.25) is 0 Å². The minimum atomic E-state index is -0.429. The van der Waals surface area contributed by atoms with Crippen LogP contribution in [-0.2, 0) is 54.5 Å². The number of esters is 1. The van der Waals surface area contributed by atoms with Crippen LogP contribution in [0.4, 0.5) is 0 Å². The van der Waals surface area contributed by atoms with E-state index in [2.05, 4.69) is 30.3 Å². The van der Waals surface area contributed by atoms with E-state index in [1.54, 1.807) is 7.11 Å². The number of carbonyl (C=O) groups excluding carboxylic acids is 1. The van der Waals surface area contributed by atoms with E-state index in [-0.39, 0.29) is 5.97 Å². The Kier molecular flexibility index (Phi) is 3.70. The molecule has 3 aliphatic carbocycles. The van der Waals surface area contributed by atoms with E-state index in [1.165, 1.54) is 77.5 Å². The van der Waals surface area contributed by atoms with Crippen LogP contribution in [0, 0.1) is 5.41 Å². The number of hydrogen-bond acceptors (Lipinski definition) is 2. The SMILES string of the molecule is COC(=O)C1(Cc2ccc3c(c2)CCC3)Cc2ccc3c(c2C1)CCC3. The molecule has 0 spiro atoms. The van der Waals surface area contributed by atoms with Crippen LogP contribution in [0.15, 0.2) is 30.3 Å². The normalized spacial score (nSPS) is 22.8. The third kappa shape index (κ3) is 2.42. The van der Waals surface area contributed by atoms with Gasteiger partial charge in [-0.1, -0.05) is 30.3 Å². The van der Waals surface area contributed by atoms with Gasteiger partial charge in [0.25, 0.3) is 0 Å². The molecule has 0 radical (unpaired) electrons. The number of fused-ring (bicyclic) bond motifs is 4. The van der Waals surface area contributed by atoms with Gasteiger partial charge >= 0.3 is 5.97 Å². The number of carbonyl (C=O) groups is 1. The maximum atomic E-state index is 12.9. The second kappa shape index (κ2) is 5.97. The van der Waals surface area contributed by atoms with Crippen molar-refractivity contribution in [1.29, 1.82) is 0 Å². The fourth-order valence-corrected chi connectivity index (χ4v) is 5.63. The van der Waals surface area contributed by atoms with E-state index in [0.29, 0.717) is 0 Å². The fourth-order valence-electron chi connectivity index (χ4n) is 5.63. The second-order valence-electron chi connectivity index (χ2n) is 8.45. The topological polar surface area (TPSA) is 26.3 Å². The van der Waals surface area contributed by atoms with Crippen molar-refractivity contribution in [2.75, 3.05) is 7.11 Å². The molecule has 0 aliphatic heterocycles. The van der Waals surface area contributed by atoms with Crippen LogP contribution in [0.5, 0.6) is 0 Å². The molecule has 0 aromatic heterocycles. The largest absolute Gasteiger partial charge is 0.469 e. The predicted octanol–water partition coefficient (Wildman–Crippen LogP) is 4.16. The molecule has 134 valence electrons. The summed E-state index contributed by atoms with van der Waals surface area (Å²) >= 11 is 0. The van der Waals surface area contributed by atoms with Gasteiger partial charge in [-0.05, 0) is 96.7 Å². The van der Waals surface area contributed by atoms with Crippen molar-refractivity contribution in [3.05, 3.63) is 69.3 Å². The average Bonchev–Trinajstić information content (AvgIpc) is 3.37. The Hall–Kier alpha value is -2.09. The van der Waals surface area contributed by atoms with E-state index in [9.17, 15) is 4.79 Å². The van der Waals surface area contributed by atoms with Crippen LogP contribution in [0.3, 0.4) is 0 Å². The molecule has 0 fully saturated rings. The highest BCUT2D eigenvalue weighted by atomic mass is 16.5. The zero-order chi connectivity index (χ0) is 17.7. The van der Waals surface area contributed by atoms with E-state index < -0.39 is 5.41 Å². The molecule has 5 rings (SSSR count). The first-order valence-corrected chi connectivity index (χ1v) is 10.0. The van der Waals surface area contributed by atoms with Crippen molar-refractivity contribution >= 4 is 5.97 Å². The molecule has 2 aromatic rings. The Morgan fingerprint density at radius 3 is 2.50 bits per heavy atom. The van der Waals surface area contributed by atoms with Crippen molar-refractivity contribution in [3.63, 3.8) is 0 Å². The fraction of sp³-hybridized carbons (Fsp3) is 0.458. The maximum Gasteiger partial charge on any atom is 0.312 e. The lowest BCUT2D eigenvalue weighted by molar-refractivity contribution is -0.152. The number of aryl methyl sites for hydroxylation is 3. The predicted molar refractivity (Wildman–Crippen MR) is 102 cm³/mol. The molecule has 3 aliphatic rings. The molecule has 2 aromatic carbocycles. The Balaban J connectivity index is 1.51. The van der Waals surface area contributed by atoms with E-state index in [1.807, 2.05) is 0 Å². The van der Waals surface area contributed by atoms with Crippen molar-refractivity contribution < 1.29 is 9.53 Å². The average molecular weight is 346 g/mol. The number of benzene rings is 2. The summed E-state index contributed by atoms with van der Waals surface area (Å²) in [5.41, 5.74) is 9.70. The molecule has 2 heteroatoms. The molecular weight excluding hydrogens is 320 g/mol. The lowest BCUT2D eigenvalue weighted by Gasteiger charge is -2.26. The van der Waals surface area contributed by atoms with Gasteiger partial charge in [-0.3, -0.25) is 4.79 Å². The Labute approximate surface area is 155 Å². The molecular formula is C24H26O2. The standard InChI is InChI=1S/C24H26O2/c1-26-23(25)24(13-16-8-9-17-4-2-6-19(17)12-16)14-20-11-10-18-5-3-7-21(18)22(20)15-24/h8-12H,2-7,13-15H2,1H3. The molecule has 0 bridgehead atoms. The van der Waals surface area contributed by atoms with Gasteiger partial charge in [-0.2, -0.15) is 0 Å². The van der Waals surface area contributed by atoms with E-state index >= 15 is 0 Å². The minimum absolute atomic E-state index is 0.0408. The Bertz CT molecular complexity index is 895. The number of rotatable bonds is 3. The first-order chi connectivity index (χ1) is 12.7. The summed E-state index contributed by atoms with van der Waals surface area (Å²) in [6.45, 7) is 0. The molecule has 0 saturated carbocycles. The van der Waals surface area contributed by atoms with Crippen molar-refractivity contribution in [2.24, 2.45) is 5.41 Å². The highest BCUT2D eigenvalue weighted by Gasteiger charge is 2.46. The Morgan fingerprint density at radius 2 is 1.62 bits per heavy atom. The molecule has 1 atom stereocenters. The highest BCUT2D eigenvalue weighted by Crippen LogP contribution is 2.44. The quantitative estimate of drug-likeness (QED) is 0.780. The molecule has 0 heterocycles. The first kappa shape index (κ1) is 16.1. The molecule has 26 heavy (non-hydrogen) atoms. The summed E-state index contributed by atoms with van der Waals surface area (Å²) in [6, 6.07) is 11.4. The smallest absolute Gasteiger partial charge is 0.312 e. The molecule has 0 N–H and O–H groups in total. The lowest BCUT2D eigenvalue weighted by Crippen LogP contribution is -2.35. The van der Waals surface area contributed by atoms with Crippen molar-refractivity contribution in [3.8, 4) is 0 Å². The summed E-state index contributed by atoms with van der Waals surface area (Å²) < 4.78 is 5.31. The zero-order valence-corrected chi connectivity index (χ0v) is 15.6. The van der Waals surface area contributed by atoms with Crippen LogP contribution < -0.4 is 0 Å². The monoisotopic (exact) mass is 346 g/mol. The van der Waals surface area contributed by atoms with Gasteiger partial charge in [0.15, 0.2) is 0 Å². The number of methoxy groups -OCH3 is 1. The Morgan fingerprint density at radius 1 is 0.885 bits per heavy atom. The van der Waals surface area contributed by atoms with Crippen LogP contribution >= 0.6 is 0 Å². The number of ether oxygens (including phenoxy) is 1. The van der Waals surface area contributed by atoms with E-state index in [0.717, 1.165) is 19.3 Å². The lowest BCUT2D eigenvalue weighted by atomic mass is 9.78. The molecule has 2 nitrogen and oxygen atoms in total. The van der Waals surface area contributed by atoms with Gasteiger partial charge in [-0.15, -0.1) is 0 Å². The maximum absolute atomic E-state index is 12.9. The molecule has 0 amide bonds. The number of hydrogen-bond donors (Lipinski definition) is 0. The van der Waals surface area contributed by atoms with Gasteiger partial charge in [-0.25, -0.2) is 0 Å². The first-order valence-electron chi connectivity index (χ1n) is 10.0. The van der Waals surface area contributed by atoms with Crippen LogP contribution in [-0.4, -0.2) is 13.1 Å². The van der Waals surface area contributed by atoms with Gasteiger partial charge in [0.05, 0.1) is 12.5 Å². The van der Waals surface area contributed by atoms with Crippen LogP contribution in [0.25, 0.3) is 0 Å². The summed E-state index contributed by atoms with van der Waals surface area (Å²) in [6.07, 6.45) is 9.72. The molecule has 1 unspecified atom stereocenters. The summed E-state index contributed by atoms with van der Waals surface area (Å²) in [4.78, 5) is 12.9. The minimum Gasteiger partial charge on any atom is -0.469 e. The third-order valence-electron chi connectivity index (χ3n) is 6.87. The zero-order valence-electron chi connectivity index (χ0n) is 15.6. The van der Waals surface area contributed by atoms with Gasteiger partial charge in [0, 0.05) is 0 Å². The van der Waals surface area contributed by atoms with Crippen LogP contribution in [0.1, 0.15) is 51.8 Å². The second-order valence-corrected chi connectivity index (χ2v) is 8.45.